The molecule has 2 aromatic carbocycles. The highest BCUT2D eigenvalue weighted by Crippen LogP contribution is 2.37. The fraction of sp³-hybridized carbons (Fsp3) is 0.261. The van der Waals surface area contributed by atoms with Gasteiger partial charge >= 0.3 is 0 Å². The Morgan fingerprint density at radius 1 is 1.25 bits per heavy atom. The van der Waals surface area contributed by atoms with Gasteiger partial charge in [0.1, 0.15) is 6.54 Å². The highest BCUT2D eigenvalue weighted by molar-refractivity contribution is 9.10. The predicted molar refractivity (Wildman–Crippen MR) is 129 cm³/mol. The number of carbonyl (C=O) groups is 3. The van der Waals surface area contributed by atoms with Crippen LogP contribution in [-0.2, 0) is 9.59 Å². The smallest absolute Gasteiger partial charge is 0.294 e. The lowest BCUT2D eigenvalue weighted by Crippen LogP contribution is -2.36. The second-order valence-corrected chi connectivity index (χ2v) is 9.21. The van der Waals surface area contributed by atoms with Crippen molar-refractivity contribution in [3.8, 4) is 11.5 Å². The second kappa shape index (κ2) is 10.2. The first-order chi connectivity index (χ1) is 15.2. The van der Waals surface area contributed by atoms with E-state index in [0.29, 0.717) is 28.2 Å². The zero-order chi connectivity index (χ0) is 23.4. The van der Waals surface area contributed by atoms with Crippen LogP contribution in [0.4, 0.5) is 10.5 Å². The molecule has 0 atom stereocenters. The van der Waals surface area contributed by atoms with E-state index in [0.717, 1.165) is 22.2 Å². The Morgan fingerprint density at radius 3 is 2.56 bits per heavy atom. The van der Waals surface area contributed by atoms with Crippen molar-refractivity contribution in [2.45, 2.75) is 26.7 Å². The van der Waals surface area contributed by atoms with Gasteiger partial charge in [-0.15, -0.1) is 0 Å². The third-order valence-corrected chi connectivity index (χ3v) is 6.30. The van der Waals surface area contributed by atoms with E-state index >= 15 is 0 Å². The topological polar surface area (TPSA) is 95.9 Å². The summed E-state index contributed by atoms with van der Waals surface area (Å²) in [7, 11) is 0. The van der Waals surface area contributed by atoms with Crippen LogP contribution in [0, 0.1) is 0 Å². The maximum atomic E-state index is 12.8. The van der Waals surface area contributed by atoms with Gasteiger partial charge in [-0.3, -0.25) is 19.3 Å². The number of imide groups is 1. The van der Waals surface area contributed by atoms with Gasteiger partial charge in [-0.05, 0) is 66.1 Å². The monoisotopic (exact) mass is 518 g/mol. The molecule has 0 radical (unpaired) electrons. The van der Waals surface area contributed by atoms with Gasteiger partial charge in [0.2, 0.25) is 5.91 Å². The molecular formula is C23H23BrN2O5S. The average molecular weight is 519 g/mol. The van der Waals surface area contributed by atoms with Crippen LogP contribution in [-0.4, -0.2) is 40.2 Å². The van der Waals surface area contributed by atoms with Gasteiger partial charge in [0, 0.05) is 10.2 Å². The van der Waals surface area contributed by atoms with Gasteiger partial charge in [0.05, 0.1) is 11.5 Å². The maximum Gasteiger partial charge on any atom is 0.294 e. The van der Waals surface area contributed by atoms with E-state index in [1.54, 1.807) is 25.1 Å². The molecule has 7 nitrogen and oxygen atoms in total. The third-order valence-electron chi connectivity index (χ3n) is 4.70. The quantitative estimate of drug-likeness (QED) is 0.479. The van der Waals surface area contributed by atoms with Crippen LogP contribution < -0.4 is 10.1 Å². The highest BCUT2D eigenvalue weighted by Gasteiger charge is 2.36. The largest absolute Gasteiger partial charge is 0.504 e. The normalized spacial score (nSPS) is 15.0. The molecule has 0 unspecified atom stereocenters. The molecule has 1 aliphatic rings. The zero-order valence-electron chi connectivity index (χ0n) is 17.8. The molecule has 1 aliphatic heterocycles. The molecule has 3 rings (SSSR count). The lowest BCUT2D eigenvalue weighted by Gasteiger charge is -2.13. The summed E-state index contributed by atoms with van der Waals surface area (Å²) in [5, 5.41) is 12.1. The van der Waals surface area contributed by atoms with Crippen molar-refractivity contribution in [3.05, 3.63) is 56.9 Å². The first-order valence-corrected chi connectivity index (χ1v) is 11.6. The molecule has 9 heteroatoms. The molecule has 1 saturated heterocycles. The lowest BCUT2D eigenvalue weighted by atomic mass is 10.0. The van der Waals surface area contributed by atoms with Crippen LogP contribution in [0.25, 0.3) is 6.08 Å². The van der Waals surface area contributed by atoms with Gasteiger partial charge in [-0.25, -0.2) is 0 Å². The van der Waals surface area contributed by atoms with Crippen molar-refractivity contribution in [1.29, 1.82) is 0 Å². The number of hydrogen-bond acceptors (Lipinski definition) is 6. The van der Waals surface area contributed by atoms with E-state index in [9.17, 15) is 19.5 Å². The summed E-state index contributed by atoms with van der Waals surface area (Å²) >= 11 is 4.09. The van der Waals surface area contributed by atoms with Crippen molar-refractivity contribution in [3.63, 3.8) is 0 Å². The SMILES string of the molecule is CCOc1cc(/C=C2\SC(=O)N(CC(=O)Nc3ccc(C(C)C)cc3)C2=O)c(Br)cc1O. The number of thioether (sulfide) groups is 1. The van der Waals surface area contributed by atoms with E-state index in [-0.39, 0.29) is 22.9 Å². The average Bonchev–Trinajstić information content (AvgIpc) is 2.99. The number of nitrogens with one attached hydrogen (secondary N) is 1. The number of phenolic OH excluding ortho intramolecular Hbond substituents is 1. The number of aromatic hydroxyl groups is 1. The Morgan fingerprint density at radius 2 is 1.94 bits per heavy atom. The summed E-state index contributed by atoms with van der Waals surface area (Å²) in [4.78, 5) is 38.6. The summed E-state index contributed by atoms with van der Waals surface area (Å²) in [6, 6.07) is 10.5. The van der Waals surface area contributed by atoms with Gasteiger partial charge < -0.3 is 15.2 Å². The molecule has 3 amide bonds. The Kier molecular flexibility index (Phi) is 7.63. The molecule has 168 valence electrons. The number of benzene rings is 2. The van der Waals surface area contributed by atoms with Gasteiger partial charge in [-0.1, -0.05) is 41.9 Å². The fourth-order valence-corrected chi connectivity index (χ4v) is 4.29. The first kappa shape index (κ1) is 23.9. The summed E-state index contributed by atoms with van der Waals surface area (Å²) < 4.78 is 5.91. The van der Waals surface area contributed by atoms with E-state index in [1.807, 2.05) is 12.1 Å². The number of phenols is 1. The molecule has 1 fully saturated rings. The van der Waals surface area contributed by atoms with Crippen molar-refractivity contribution in [2.24, 2.45) is 0 Å². The molecule has 32 heavy (non-hydrogen) atoms. The summed E-state index contributed by atoms with van der Waals surface area (Å²) in [5.74, 6) is -0.412. The standard InChI is InChI=1S/C23H23BrN2O5S/c1-4-31-19-9-15(17(24)11-18(19)27)10-20-22(29)26(23(30)32-20)12-21(28)25-16-7-5-14(6-8-16)13(2)3/h5-11,13,27H,4,12H2,1-3H3,(H,25,28)/b20-10-. The zero-order valence-corrected chi connectivity index (χ0v) is 20.2. The molecule has 1 heterocycles. The minimum atomic E-state index is -0.553. The molecule has 0 spiro atoms. The predicted octanol–water partition coefficient (Wildman–Crippen LogP) is 5.35. The molecule has 0 aromatic heterocycles. The number of halogens is 1. The highest BCUT2D eigenvalue weighted by atomic mass is 79.9. The number of anilines is 1. The van der Waals surface area contributed by atoms with Crippen LogP contribution in [0.2, 0.25) is 0 Å². The molecule has 2 aromatic rings. The molecule has 0 aliphatic carbocycles. The van der Waals surface area contributed by atoms with E-state index in [4.69, 9.17) is 4.74 Å². The van der Waals surface area contributed by atoms with Crippen molar-refractivity contribution in [2.75, 3.05) is 18.5 Å². The Bertz CT molecular complexity index is 1080. The Balaban J connectivity index is 1.72. The molecule has 2 N–H and O–H groups in total. The number of rotatable bonds is 7. The number of ether oxygens (including phenoxy) is 1. The molecule has 0 saturated carbocycles. The minimum Gasteiger partial charge on any atom is -0.504 e. The minimum absolute atomic E-state index is 0.0397. The van der Waals surface area contributed by atoms with Gasteiger partial charge in [0.15, 0.2) is 11.5 Å². The summed E-state index contributed by atoms with van der Waals surface area (Å²) in [6.45, 7) is 5.93. The fourth-order valence-electron chi connectivity index (χ4n) is 3.01. The van der Waals surface area contributed by atoms with Crippen molar-refractivity contribution in [1.82, 2.24) is 4.90 Å². The summed E-state index contributed by atoms with van der Waals surface area (Å²) in [5.41, 5.74) is 2.30. The third kappa shape index (κ3) is 5.52. The van der Waals surface area contributed by atoms with Crippen LogP contribution >= 0.6 is 27.7 Å². The van der Waals surface area contributed by atoms with E-state index in [1.165, 1.54) is 12.1 Å². The van der Waals surface area contributed by atoms with Gasteiger partial charge in [0.25, 0.3) is 11.1 Å². The van der Waals surface area contributed by atoms with E-state index < -0.39 is 17.1 Å². The molecule has 0 bridgehead atoms. The first-order valence-electron chi connectivity index (χ1n) is 10.00. The number of nitrogens with zero attached hydrogens (tertiary/aromatic N) is 1. The van der Waals surface area contributed by atoms with Crippen LogP contribution in [0.5, 0.6) is 11.5 Å². The van der Waals surface area contributed by atoms with Gasteiger partial charge in [-0.2, -0.15) is 0 Å². The number of amides is 3. The van der Waals surface area contributed by atoms with Crippen LogP contribution in [0.1, 0.15) is 37.8 Å². The van der Waals surface area contributed by atoms with Crippen LogP contribution in [0.15, 0.2) is 45.8 Å². The molecular weight excluding hydrogens is 496 g/mol. The van der Waals surface area contributed by atoms with Crippen molar-refractivity contribution >= 4 is 56.5 Å². The number of hydrogen-bond donors (Lipinski definition) is 2. The van der Waals surface area contributed by atoms with E-state index in [2.05, 4.69) is 35.1 Å². The summed E-state index contributed by atoms with van der Waals surface area (Å²) in [6.07, 6.45) is 1.53. The Hall–Kier alpha value is -2.78. The lowest BCUT2D eigenvalue weighted by molar-refractivity contribution is -0.127. The number of carbonyl (C=O) groups excluding carboxylic acids is 3. The second-order valence-electron chi connectivity index (χ2n) is 7.37. The van der Waals surface area contributed by atoms with Crippen LogP contribution in [0.3, 0.4) is 0 Å². The maximum absolute atomic E-state index is 12.8. The Labute approximate surface area is 199 Å². The van der Waals surface area contributed by atoms with Crippen molar-refractivity contribution < 1.29 is 24.2 Å².